The molecule has 10 rings (SSSR count). The molecular formula is C72H121N5O52. The van der Waals surface area contributed by atoms with E-state index < -0.39 is 409 Å². The quantitative estimate of drug-likeness (QED) is 0.0257. The van der Waals surface area contributed by atoms with Gasteiger partial charge >= 0.3 is 0 Å². The van der Waals surface area contributed by atoms with Crippen molar-refractivity contribution in [2.24, 2.45) is 0 Å². The number of hydrogen-bond acceptors (Lipinski definition) is 52. The van der Waals surface area contributed by atoms with Crippen LogP contribution < -0.4 is 26.6 Å². The van der Waals surface area contributed by atoms with Gasteiger partial charge < -0.3 is 259 Å². The lowest BCUT2D eigenvalue weighted by Crippen LogP contribution is -2.71. The van der Waals surface area contributed by atoms with E-state index in [0.29, 0.717) is 0 Å². The molecule has 129 heavy (non-hydrogen) atoms. The van der Waals surface area contributed by atoms with E-state index in [2.05, 4.69) is 26.6 Å². The maximum absolute atomic E-state index is 13.3. The largest absolute Gasteiger partial charge is 0.394 e. The summed E-state index contributed by atoms with van der Waals surface area (Å²) in [7, 11) is 0. The lowest BCUT2D eigenvalue weighted by atomic mass is 9.93. The van der Waals surface area contributed by atoms with Crippen LogP contribution in [0.15, 0.2) is 0 Å². The van der Waals surface area contributed by atoms with Crippen LogP contribution in [0.25, 0.3) is 0 Å². The standard InChI is InChI=1S/C72H121N5O52/c1-18-37(92)47(102)50(105)68(112-18)129-62-48(103)39(94)25(8-80)116-72(62)125-57-28(11-83)117-63(34(44(57)99)75-20(3)89)111-16-32-42(97)61(128-66-36(77-22(5)91)45(100)55(29(12-84)119-66)122-69-52(107)59(40(95)26(9-81)114-69)126-64-33(74-19(2)88)43(98)38(93)24(7-79)113-64)54(109)71(121-32)123-56-30(13-85)118-65(35(46(56)101)76-21(4)90)127-60-41(96)27(10-82)115-70(53(60)108)124-58-31(14-86)120-67(51(106)49(58)104)110-15-23(6-78)73-17-87/h17-18,23-72,78-86,92-109H,6-16H2,1-5H3,(H,73,87)(H,74,88)(H,75,89)(H,76,90)(H,77,91)/t18-,23+,24+,25+,26+,27+,28+,29+,30+,31+,32+,33+,34+,35+,36+,37+,38-,39-,40-,41-,42-,43+,44+,45+,46+,47+,48-,49+,50-,51+,52+,53+,54+,55+,56+,57+,58+,59-,60-,61-,62+,63+,64+,65-,66-,67+,68-,69-,70-,71-,72-/m0/s1. The lowest BCUT2D eigenvalue weighted by Gasteiger charge is -2.51. The van der Waals surface area contributed by atoms with E-state index in [1.807, 2.05) is 0 Å². The third-order valence-corrected chi connectivity index (χ3v) is 23.4. The van der Waals surface area contributed by atoms with Crippen LogP contribution in [-0.2, 0) is 119 Å². The van der Waals surface area contributed by atoms with Crippen molar-refractivity contribution in [1.82, 2.24) is 26.6 Å². The highest BCUT2D eigenvalue weighted by Gasteiger charge is 2.62. The first-order valence-electron chi connectivity index (χ1n) is 41.2. The molecule has 10 fully saturated rings. The lowest BCUT2D eigenvalue weighted by molar-refractivity contribution is -0.392. The zero-order valence-electron chi connectivity index (χ0n) is 69.6. The predicted octanol–water partition coefficient (Wildman–Crippen LogP) is -22.1. The average Bonchev–Trinajstić information content (AvgIpc) is 0.753. The molecule has 10 aliphatic heterocycles. The predicted molar refractivity (Wildman–Crippen MR) is 398 cm³/mol. The Kier molecular flexibility index (Phi) is 39.2. The summed E-state index contributed by atoms with van der Waals surface area (Å²) in [6, 6.07) is -8.81. The molecule has 0 saturated carbocycles. The Hall–Kier alpha value is -4.53. The molecule has 10 heterocycles. The van der Waals surface area contributed by atoms with E-state index >= 15 is 0 Å². The van der Waals surface area contributed by atoms with Crippen LogP contribution in [-0.4, -0.2) is 553 Å². The molecule has 0 aromatic rings. The molecule has 0 aliphatic carbocycles. The van der Waals surface area contributed by atoms with Gasteiger partial charge in [-0.15, -0.1) is 0 Å². The van der Waals surface area contributed by atoms with E-state index in [1.54, 1.807) is 0 Å². The van der Waals surface area contributed by atoms with Gasteiger partial charge in [0.1, 0.15) is 238 Å². The highest BCUT2D eigenvalue weighted by Crippen LogP contribution is 2.41. The Morgan fingerprint density at radius 1 is 0.271 bits per heavy atom. The highest BCUT2D eigenvalue weighted by molar-refractivity contribution is 5.74. The van der Waals surface area contributed by atoms with Crippen molar-refractivity contribution >= 4 is 30.0 Å². The maximum atomic E-state index is 13.3. The Morgan fingerprint density at radius 2 is 0.550 bits per heavy atom. The summed E-state index contributed by atoms with van der Waals surface area (Å²) in [6.07, 6.45) is -94.4. The minimum absolute atomic E-state index is 0.239. The molecular weight excluding hydrogens is 1770 g/mol. The number of nitrogens with one attached hydrogen (secondary N) is 5. The zero-order valence-corrected chi connectivity index (χ0v) is 69.6. The number of carbonyl (C=O) groups is 5. The highest BCUT2D eigenvalue weighted by atomic mass is 16.8. The third kappa shape index (κ3) is 24.2. The van der Waals surface area contributed by atoms with E-state index in [9.17, 15) is 162 Å². The van der Waals surface area contributed by atoms with E-state index in [-0.39, 0.29) is 6.41 Å². The first-order chi connectivity index (χ1) is 61.2. The summed E-state index contributed by atoms with van der Waals surface area (Å²) in [5.41, 5.74) is 0. The molecule has 10 aliphatic rings. The van der Waals surface area contributed by atoms with Gasteiger partial charge in [0, 0.05) is 27.7 Å². The Morgan fingerprint density at radius 3 is 0.938 bits per heavy atom. The van der Waals surface area contributed by atoms with Gasteiger partial charge in [-0.2, -0.15) is 0 Å². The first-order valence-corrected chi connectivity index (χ1v) is 41.2. The maximum Gasteiger partial charge on any atom is 0.217 e. The third-order valence-electron chi connectivity index (χ3n) is 23.4. The molecule has 0 aromatic heterocycles. The fourth-order valence-corrected chi connectivity index (χ4v) is 16.5. The molecule has 0 radical (unpaired) electrons. The second kappa shape index (κ2) is 47.5. The fourth-order valence-electron chi connectivity index (χ4n) is 16.5. The van der Waals surface area contributed by atoms with Gasteiger partial charge in [0.05, 0.1) is 84.8 Å². The topological polar surface area (TPSA) is 876 Å². The molecule has 32 N–H and O–H groups in total. The second-order valence-corrected chi connectivity index (χ2v) is 32.4. The minimum Gasteiger partial charge on any atom is -0.394 e. The van der Waals surface area contributed by atoms with Gasteiger partial charge in [-0.25, -0.2) is 0 Å². The molecule has 0 bridgehead atoms. The van der Waals surface area contributed by atoms with E-state index in [0.717, 1.165) is 27.7 Å². The second-order valence-electron chi connectivity index (χ2n) is 32.4. The molecule has 10 saturated heterocycles. The molecule has 0 aromatic carbocycles. The van der Waals surface area contributed by atoms with Crippen molar-refractivity contribution in [3.8, 4) is 0 Å². The number of amides is 5. The van der Waals surface area contributed by atoms with Crippen molar-refractivity contribution < 1.29 is 257 Å². The van der Waals surface area contributed by atoms with Gasteiger partial charge in [0.25, 0.3) is 0 Å². The molecule has 51 atom stereocenters. The van der Waals surface area contributed by atoms with E-state index in [4.69, 9.17) is 94.7 Å². The smallest absolute Gasteiger partial charge is 0.217 e. The minimum atomic E-state index is -2.58. The summed E-state index contributed by atoms with van der Waals surface area (Å²) in [5, 5.41) is 314. The Labute approximate surface area is 731 Å². The number of hydrogen-bond donors (Lipinski definition) is 32. The summed E-state index contributed by atoms with van der Waals surface area (Å²) >= 11 is 0. The van der Waals surface area contributed by atoms with Crippen molar-refractivity contribution in [2.45, 2.75) is 347 Å². The van der Waals surface area contributed by atoms with Crippen LogP contribution in [0, 0.1) is 0 Å². The van der Waals surface area contributed by atoms with Crippen molar-refractivity contribution in [3.05, 3.63) is 0 Å². The summed E-state index contributed by atoms with van der Waals surface area (Å²) < 4.78 is 118. The Bertz CT molecular complexity index is 3480. The van der Waals surface area contributed by atoms with Gasteiger partial charge in [-0.3, -0.25) is 24.0 Å². The van der Waals surface area contributed by atoms with Crippen LogP contribution in [0.2, 0.25) is 0 Å². The number of aliphatic hydroxyl groups excluding tert-OH is 27. The SMILES string of the molecule is CC(=O)N[C@H]1[C@H](O[C@H]2[C@@H](O)[C@@H](CO)O[C@@H](O[C@H]3[C@H](O)[C@@H](O)[C@H](OC[C@@H](CO)NC=O)O[C@@H]3CO)[C@@H]2O)O[C@H](CO)[C@@H](O[C@@H]2O[C@H](CO[C@@H]3O[C@H](CO)[C@@H](O[C@@H]4O[C@H](CO)[C@H](O)[C@H](O)[C@H]4O[C@@H]4O[C@@H](C)[C@@H](O)[C@@H](O)[C@@H]4O)[C@H](O)[C@H]3NC(C)=O)[C@H](O)[C@H](O[C@@H]3O[C@H](CO)[C@@H](O[C@@H]4O[C@H](CO)[C@H](O)[C@H](O[C@H]5O[C@H](CO)[C@H](O)[C@H](O)[C@H]5NC(C)=O)[C@H]4O)[C@H](O)[C@H]3NC(C)=O)[C@H]2O)[C@@H]1O. The molecule has 57 nitrogen and oxygen atoms in total. The van der Waals surface area contributed by atoms with Crippen LogP contribution in [0.3, 0.4) is 0 Å². The molecule has 0 unspecified atom stereocenters. The fraction of sp³-hybridized carbons (Fsp3) is 0.931. The van der Waals surface area contributed by atoms with Crippen LogP contribution in [0.1, 0.15) is 34.6 Å². The summed E-state index contributed by atoms with van der Waals surface area (Å²) in [6.45, 7) is -6.27. The molecule has 5 amide bonds. The van der Waals surface area contributed by atoms with Crippen LogP contribution >= 0.6 is 0 Å². The van der Waals surface area contributed by atoms with Crippen LogP contribution in [0.4, 0.5) is 0 Å². The van der Waals surface area contributed by atoms with Gasteiger partial charge in [0.2, 0.25) is 30.0 Å². The number of ether oxygens (including phenoxy) is 20. The van der Waals surface area contributed by atoms with E-state index in [1.165, 1.54) is 6.92 Å². The van der Waals surface area contributed by atoms with Crippen molar-refractivity contribution in [3.63, 3.8) is 0 Å². The summed E-state index contributed by atoms with van der Waals surface area (Å²) in [5.74, 6) is -3.83. The zero-order chi connectivity index (χ0) is 94.9. The van der Waals surface area contributed by atoms with Gasteiger partial charge in [-0.05, 0) is 6.92 Å². The molecule has 746 valence electrons. The normalized spacial score (nSPS) is 47.8. The monoisotopic (exact) mass is 1890 g/mol. The molecule has 0 spiro atoms. The van der Waals surface area contributed by atoms with Gasteiger partial charge in [0.15, 0.2) is 62.9 Å². The summed E-state index contributed by atoms with van der Waals surface area (Å²) in [4.78, 5) is 63.1. The van der Waals surface area contributed by atoms with Gasteiger partial charge in [-0.1, -0.05) is 0 Å². The first kappa shape index (κ1) is 107. The number of carbonyl (C=O) groups excluding carboxylic acids is 5. The Balaban J connectivity index is 0.945. The van der Waals surface area contributed by atoms with Crippen molar-refractivity contribution in [2.75, 3.05) is 72.7 Å². The average molecular weight is 1890 g/mol. The number of aliphatic hydroxyl groups is 27. The van der Waals surface area contributed by atoms with Crippen LogP contribution in [0.5, 0.6) is 0 Å². The number of rotatable bonds is 37. The molecule has 57 heteroatoms. The van der Waals surface area contributed by atoms with Crippen molar-refractivity contribution in [1.29, 1.82) is 0 Å².